The minimum absolute atomic E-state index is 0.347. The second-order valence-electron chi connectivity index (χ2n) is 6.55. The van der Waals surface area contributed by atoms with Crippen LogP contribution in [0.25, 0.3) is 11.2 Å². The summed E-state index contributed by atoms with van der Waals surface area (Å²) in [6.07, 6.45) is -25.5. The molecule has 1 unspecified atom stereocenters. The Hall–Kier alpha value is -2.45. The molecule has 0 aliphatic heterocycles. The molecule has 1 aromatic carbocycles. The second-order valence-corrected chi connectivity index (χ2v) is 7.32. The van der Waals surface area contributed by atoms with E-state index in [1.54, 1.807) is 0 Å². The molecule has 2 saturated carbocycles. The first-order valence-corrected chi connectivity index (χ1v) is 10.1. The normalized spacial score (nSPS) is 54.4. The average molecular weight is 547 g/mol. The fourth-order valence-corrected chi connectivity index (χ4v) is 3.29. The van der Waals surface area contributed by atoms with E-state index >= 15 is 0 Å². The molecule has 6 atom stereocenters. The van der Waals surface area contributed by atoms with Crippen LogP contribution in [0.2, 0.25) is 0 Å². The van der Waals surface area contributed by atoms with E-state index in [2.05, 4.69) is 25.0 Å². The van der Waals surface area contributed by atoms with E-state index in [0.29, 0.717) is 0 Å². The van der Waals surface area contributed by atoms with Crippen molar-refractivity contribution in [2.24, 2.45) is 0 Å². The number of halogens is 2. The van der Waals surface area contributed by atoms with Crippen molar-refractivity contribution in [3.63, 3.8) is 0 Å². The number of nitrogens with one attached hydrogen (secondary N) is 1. The molecule has 2 aliphatic carbocycles. The van der Waals surface area contributed by atoms with Crippen molar-refractivity contribution in [3.05, 3.63) is 35.3 Å². The molecule has 4 N–H and O–H groups in total. The van der Waals surface area contributed by atoms with Gasteiger partial charge in [0.05, 0.1) is 41.7 Å². The Morgan fingerprint density at radius 3 is 3.00 bits per heavy atom. The van der Waals surface area contributed by atoms with E-state index in [1.807, 2.05) is 5.32 Å². The van der Waals surface area contributed by atoms with Gasteiger partial charge in [0.2, 0.25) is 0 Å². The Balaban J connectivity index is 1.83. The Morgan fingerprint density at radius 2 is 2.19 bits per heavy atom. The molecule has 0 bridgehead atoms. The number of rotatable bonds is 10. The van der Waals surface area contributed by atoms with Gasteiger partial charge in [-0.15, -0.1) is 5.10 Å². The van der Waals surface area contributed by atoms with Gasteiger partial charge in [-0.2, -0.15) is 0 Å². The molecule has 0 spiro atoms. The minimum atomic E-state index is -4.63. The summed E-state index contributed by atoms with van der Waals surface area (Å²) in [7, 11) is 0. The first-order valence-electron chi connectivity index (χ1n) is 21.3. The van der Waals surface area contributed by atoms with Crippen LogP contribution < -0.4 is 5.32 Å². The van der Waals surface area contributed by atoms with Crippen LogP contribution >= 0.6 is 11.8 Å². The summed E-state index contributed by atoms with van der Waals surface area (Å²) >= 11 is -0.517. The SMILES string of the molecule is [2H]c1c([2H])c(C2([2H])C([2H])([2H])[C@]2([2H])Nc2nc(SC([2H])([2H])C([2H])([2H])C([2H])([2H])[2H])nc3c2nnn3[C@]2([2H])C([2H])([2H])[C@]([2H])(OC([2H])([2H])C([2H])([2H])O)[C@@]([2H])(O)[C@@]2([2H])O)c([2H])c(F)c1F. The van der Waals surface area contributed by atoms with E-state index in [-0.39, 0.29) is 4.68 Å². The lowest BCUT2D eigenvalue weighted by atomic mass is 10.1. The number of benzene rings is 1. The van der Waals surface area contributed by atoms with E-state index in [1.165, 1.54) is 0 Å². The number of aliphatic hydroxyl groups is 3. The minimum Gasteiger partial charge on any atom is -0.394 e. The molecule has 0 radical (unpaired) electrons. The number of fused-ring (bicyclic) bond motifs is 1. The molecule has 0 saturated heterocycles. The molecule has 36 heavy (non-hydrogen) atoms. The number of aromatic nitrogens is 5. The summed E-state index contributed by atoms with van der Waals surface area (Å²) in [6, 6.07) is -12.4. The van der Waals surface area contributed by atoms with Gasteiger partial charge in [0.15, 0.2) is 33.8 Å². The highest BCUT2D eigenvalue weighted by Gasteiger charge is 2.45. The summed E-state index contributed by atoms with van der Waals surface area (Å²) in [5.74, 6) is -8.77. The second kappa shape index (κ2) is 10.5. The lowest BCUT2D eigenvalue weighted by Crippen LogP contribution is -2.33. The summed E-state index contributed by atoms with van der Waals surface area (Å²) < 4.78 is 229. The zero-order valence-electron chi connectivity index (χ0n) is 41.2. The molecule has 10 nitrogen and oxygen atoms in total. The van der Waals surface area contributed by atoms with Crippen LogP contribution in [0.5, 0.6) is 0 Å². The van der Waals surface area contributed by atoms with E-state index < -0.39 is 150 Å². The Bertz CT molecular complexity index is 2270. The molecule has 2 heterocycles. The number of thioether (sulfide) groups is 1. The first kappa shape index (κ1) is 9.38. The lowest BCUT2D eigenvalue weighted by molar-refractivity contribution is -0.0629. The maximum absolute atomic E-state index is 14.7. The Morgan fingerprint density at radius 1 is 1.33 bits per heavy atom. The molecule has 2 fully saturated rings. The third kappa shape index (κ3) is 4.90. The molecular formula is C23H28F2N6O4S. The van der Waals surface area contributed by atoms with Crippen LogP contribution in [-0.2, 0) is 4.74 Å². The van der Waals surface area contributed by atoms with Crippen LogP contribution in [0.4, 0.5) is 14.6 Å². The van der Waals surface area contributed by atoms with Crippen molar-refractivity contribution in [2.75, 3.05) is 24.1 Å². The first-order chi connectivity index (χ1) is 26.4. The molecule has 2 aromatic heterocycles. The van der Waals surface area contributed by atoms with Crippen molar-refractivity contribution in [1.82, 2.24) is 25.0 Å². The van der Waals surface area contributed by atoms with E-state index in [4.69, 9.17) is 32.9 Å². The summed E-state index contributed by atoms with van der Waals surface area (Å²) in [4.78, 5) is 7.49. The zero-order chi connectivity index (χ0) is 46.8. The van der Waals surface area contributed by atoms with Crippen LogP contribution in [0, 0.1) is 11.6 Å². The largest absolute Gasteiger partial charge is 0.394 e. The van der Waals surface area contributed by atoms with Crippen LogP contribution in [0.15, 0.2) is 23.3 Å². The van der Waals surface area contributed by atoms with Gasteiger partial charge in [-0.05, 0) is 30.4 Å². The predicted octanol–water partition coefficient (Wildman–Crippen LogP) is 2.01. The van der Waals surface area contributed by atoms with Crippen LogP contribution in [0.1, 0.15) is 76.3 Å². The maximum Gasteiger partial charge on any atom is 0.191 e. The highest BCUT2D eigenvalue weighted by atomic mass is 32.2. The monoisotopic (exact) mass is 546 g/mol. The molecule has 194 valence electrons. The average Bonchev–Trinajstić information content (AvgIpc) is 3.34. The topological polar surface area (TPSA) is 138 Å². The van der Waals surface area contributed by atoms with Gasteiger partial charge in [-0.3, -0.25) is 0 Å². The lowest BCUT2D eigenvalue weighted by Gasteiger charge is -2.17. The standard InChI is InChI=1S/C23H28F2N6O4S/c1-2-7-36-23-27-21(26-15-9-12(15)11-3-4-13(24)14(25)8-11)18-22(28-23)31(30-29-18)16-10-17(35-6-5-32)20(34)19(16)33/h3-4,8,12,15-17,19-20,32-34H,2,5-7,9-10H2,1H3,(H,26,27,28)/t12?,15-,16+,17-,19-,20+/m0/s1/i1D3,2D2,3D,4D,5D2,6D2,7D2,8D,9D2,10D2,12D,15D,16D,17D,19D,20D. The fourth-order valence-electron chi connectivity index (χ4n) is 2.88. The summed E-state index contributed by atoms with van der Waals surface area (Å²) in [5, 5.41) is 39.7. The summed E-state index contributed by atoms with van der Waals surface area (Å²) in [6.45, 7) is -12.2. The van der Waals surface area contributed by atoms with Crippen molar-refractivity contribution in [2.45, 2.75) is 67.3 Å². The molecule has 13 heteroatoms. The molecule has 2 aliphatic rings. The van der Waals surface area contributed by atoms with Gasteiger partial charge in [0.25, 0.3) is 0 Å². The fraction of sp³-hybridized carbons (Fsp3) is 0.565. The third-order valence-corrected chi connectivity index (χ3v) is 5.00. The molecule has 3 aromatic rings. The van der Waals surface area contributed by atoms with Gasteiger partial charge < -0.3 is 25.4 Å². The molecular weight excluding hydrogens is 494 g/mol. The smallest absolute Gasteiger partial charge is 0.191 e. The number of nitrogens with zero attached hydrogens (tertiary/aromatic N) is 5. The van der Waals surface area contributed by atoms with Gasteiger partial charge in [0, 0.05) is 40.4 Å². The van der Waals surface area contributed by atoms with E-state index in [9.17, 15) is 24.1 Å². The Labute approximate surface area is 243 Å². The van der Waals surface area contributed by atoms with Crippen molar-refractivity contribution in [3.8, 4) is 0 Å². The highest BCUT2D eigenvalue weighted by Crippen LogP contribution is 2.44. The number of hydrogen-bond acceptors (Lipinski definition) is 10. The molecule has 0 amide bonds. The van der Waals surface area contributed by atoms with Gasteiger partial charge >= 0.3 is 0 Å². The van der Waals surface area contributed by atoms with Crippen LogP contribution in [0.3, 0.4) is 0 Å². The third-order valence-electron chi connectivity index (χ3n) is 4.43. The van der Waals surface area contributed by atoms with Crippen molar-refractivity contribution in [1.29, 1.82) is 0 Å². The van der Waals surface area contributed by atoms with Crippen molar-refractivity contribution >= 4 is 28.7 Å². The highest BCUT2D eigenvalue weighted by molar-refractivity contribution is 7.99. The van der Waals surface area contributed by atoms with Gasteiger partial charge in [0.1, 0.15) is 12.2 Å². The number of ether oxygens (including phenoxy) is 1. The van der Waals surface area contributed by atoms with E-state index in [0.717, 1.165) is 0 Å². The van der Waals surface area contributed by atoms with Gasteiger partial charge in [-0.25, -0.2) is 23.4 Å². The van der Waals surface area contributed by atoms with Crippen molar-refractivity contribution < 1.29 is 61.7 Å². The predicted molar refractivity (Wildman–Crippen MR) is 128 cm³/mol. The Kier molecular flexibility index (Phi) is 2.74. The number of anilines is 1. The van der Waals surface area contributed by atoms with Crippen LogP contribution in [-0.4, -0.2) is 83.4 Å². The zero-order valence-corrected chi connectivity index (χ0v) is 18.0. The number of hydrogen-bond donors (Lipinski definition) is 4. The molecule has 5 rings (SSSR count). The van der Waals surface area contributed by atoms with Gasteiger partial charge in [-0.1, -0.05) is 29.9 Å². The quantitative estimate of drug-likeness (QED) is 0.221. The summed E-state index contributed by atoms with van der Waals surface area (Å²) in [5.41, 5.74) is -7.51. The maximum atomic E-state index is 14.7.